The number of aromatic nitrogens is 4. The van der Waals surface area contributed by atoms with Gasteiger partial charge in [0, 0.05) is 56.7 Å². The van der Waals surface area contributed by atoms with Crippen molar-refractivity contribution in [2.75, 3.05) is 37.7 Å². The third-order valence-electron chi connectivity index (χ3n) is 6.17. The predicted octanol–water partition coefficient (Wildman–Crippen LogP) is 1.39. The van der Waals surface area contributed by atoms with E-state index in [1.165, 1.54) is 11.3 Å². The Morgan fingerprint density at radius 3 is 2.69 bits per heavy atom. The van der Waals surface area contributed by atoms with Gasteiger partial charge in [-0.05, 0) is 25.7 Å². The molecule has 138 valence electrons. The minimum Gasteiger partial charge on any atom is -0.372 e. The number of aryl methyl sites for hydroxylation is 1. The molecule has 3 aliphatic heterocycles. The number of hydrogen-bond acceptors (Lipinski definition) is 6. The van der Waals surface area contributed by atoms with Crippen LogP contribution in [0.1, 0.15) is 22.8 Å². The van der Waals surface area contributed by atoms with Crippen LogP contribution in [0.5, 0.6) is 0 Å². The molecular formula is C19H26N6O. The molecule has 26 heavy (non-hydrogen) atoms. The minimum atomic E-state index is 0.651. The van der Waals surface area contributed by atoms with Gasteiger partial charge < -0.3 is 14.2 Å². The van der Waals surface area contributed by atoms with Crippen LogP contribution < -0.4 is 4.90 Å². The van der Waals surface area contributed by atoms with Crippen molar-refractivity contribution in [3.8, 4) is 0 Å². The van der Waals surface area contributed by atoms with Crippen molar-refractivity contribution in [2.24, 2.45) is 11.8 Å². The molecule has 3 aliphatic rings. The number of nitrogens with zero attached hydrogens (tertiary/aromatic N) is 6. The Labute approximate surface area is 154 Å². The molecule has 2 atom stereocenters. The van der Waals surface area contributed by atoms with E-state index in [1.54, 1.807) is 6.33 Å². The SMILES string of the molecule is Cc1ncnc(N2CC3CN(Cc4cn5c(n4)COCC5)CC3C2)c1C. The molecule has 0 aliphatic carbocycles. The monoisotopic (exact) mass is 354 g/mol. The molecule has 0 aromatic carbocycles. The summed E-state index contributed by atoms with van der Waals surface area (Å²) in [7, 11) is 0. The normalized spacial score (nSPS) is 25.5. The van der Waals surface area contributed by atoms with E-state index < -0.39 is 0 Å². The van der Waals surface area contributed by atoms with Gasteiger partial charge in [-0.25, -0.2) is 15.0 Å². The van der Waals surface area contributed by atoms with E-state index in [0.29, 0.717) is 6.61 Å². The highest BCUT2D eigenvalue weighted by Gasteiger charge is 2.40. The van der Waals surface area contributed by atoms with Crippen LogP contribution in [0.2, 0.25) is 0 Å². The number of likely N-dealkylation sites (tertiary alicyclic amines) is 1. The summed E-state index contributed by atoms with van der Waals surface area (Å²) in [5.41, 5.74) is 3.49. The van der Waals surface area contributed by atoms with E-state index in [4.69, 9.17) is 9.72 Å². The average molecular weight is 354 g/mol. The Morgan fingerprint density at radius 2 is 1.92 bits per heavy atom. The highest BCUT2D eigenvalue weighted by atomic mass is 16.5. The van der Waals surface area contributed by atoms with Crippen molar-refractivity contribution in [1.29, 1.82) is 0 Å². The molecule has 2 unspecified atom stereocenters. The molecule has 2 aromatic rings. The lowest BCUT2D eigenvalue weighted by Gasteiger charge is -2.23. The van der Waals surface area contributed by atoms with Crippen molar-refractivity contribution >= 4 is 5.82 Å². The molecule has 0 bridgehead atoms. The van der Waals surface area contributed by atoms with Gasteiger partial charge in [-0.2, -0.15) is 0 Å². The summed E-state index contributed by atoms with van der Waals surface area (Å²) in [4.78, 5) is 18.6. The first-order chi connectivity index (χ1) is 12.7. The summed E-state index contributed by atoms with van der Waals surface area (Å²) < 4.78 is 7.75. The van der Waals surface area contributed by atoms with Gasteiger partial charge in [-0.1, -0.05) is 0 Å². The molecule has 2 saturated heterocycles. The van der Waals surface area contributed by atoms with Crippen LogP contribution in [0.25, 0.3) is 0 Å². The molecule has 2 aromatic heterocycles. The smallest absolute Gasteiger partial charge is 0.135 e. The first-order valence-corrected chi connectivity index (χ1v) is 9.55. The Kier molecular flexibility index (Phi) is 3.94. The number of fused-ring (bicyclic) bond motifs is 2. The second kappa shape index (κ2) is 6.32. The van der Waals surface area contributed by atoms with Gasteiger partial charge in [0.15, 0.2) is 0 Å². The molecule has 5 rings (SSSR count). The van der Waals surface area contributed by atoms with Crippen LogP contribution in [-0.4, -0.2) is 57.2 Å². The second-order valence-corrected chi connectivity index (χ2v) is 7.92. The summed E-state index contributed by atoms with van der Waals surface area (Å²) in [6.45, 7) is 12.1. The quantitative estimate of drug-likeness (QED) is 0.830. The zero-order valence-electron chi connectivity index (χ0n) is 15.6. The number of ether oxygens (including phenoxy) is 1. The topological polar surface area (TPSA) is 59.3 Å². The van der Waals surface area contributed by atoms with E-state index in [1.807, 2.05) is 0 Å². The molecular weight excluding hydrogens is 328 g/mol. The zero-order valence-corrected chi connectivity index (χ0v) is 15.6. The lowest BCUT2D eigenvalue weighted by molar-refractivity contribution is 0.0816. The third kappa shape index (κ3) is 2.79. The van der Waals surface area contributed by atoms with Gasteiger partial charge in [0.1, 0.15) is 24.6 Å². The third-order valence-corrected chi connectivity index (χ3v) is 6.17. The summed E-state index contributed by atoms with van der Waals surface area (Å²) in [6.07, 6.45) is 3.91. The van der Waals surface area contributed by atoms with E-state index >= 15 is 0 Å². The predicted molar refractivity (Wildman–Crippen MR) is 97.9 cm³/mol. The van der Waals surface area contributed by atoms with Gasteiger partial charge >= 0.3 is 0 Å². The highest BCUT2D eigenvalue weighted by molar-refractivity contribution is 5.48. The summed E-state index contributed by atoms with van der Waals surface area (Å²) >= 11 is 0. The van der Waals surface area contributed by atoms with Crippen LogP contribution in [0, 0.1) is 25.7 Å². The molecule has 7 nitrogen and oxygen atoms in total. The molecule has 2 fully saturated rings. The van der Waals surface area contributed by atoms with E-state index in [2.05, 4.69) is 44.4 Å². The highest BCUT2D eigenvalue weighted by Crippen LogP contribution is 2.35. The molecule has 0 saturated carbocycles. The fraction of sp³-hybridized carbons (Fsp3) is 0.632. The van der Waals surface area contributed by atoms with E-state index in [0.717, 1.165) is 75.0 Å². The largest absolute Gasteiger partial charge is 0.372 e. The van der Waals surface area contributed by atoms with Crippen molar-refractivity contribution in [2.45, 2.75) is 33.5 Å². The van der Waals surface area contributed by atoms with Gasteiger partial charge in [-0.3, -0.25) is 4.90 Å². The van der Waals surface area contributed by atoms with Crippen LogP contribution >= 0.6 is 0 Å². The maximum absolute atomic E-state index is 5.50. The second-order valence-electron chi connectivity index (χ2n) is 7.92. The Bertz CT molecular complexity index is 781. The summed E-state index contributed by atoms with van der Waals surface area (Å²) in [5, 5.41) is 0. The Morgan fingerprint density at radius 1 is 1.12 bits per heavy atom. The summed E-state index contributed by atoms with van der Waals surface area (Å²) in [6, 6.07) is 0. The number of hydrogen-bond donors (Lipinski definition) is 0. The van der Waals surface area contributed by atoms with Crippen LogP contribution in [0.15, 0.2) is 12.5 Å². The van der Waals surface area contributed by atoms with Gasteiger partial charge in [0.05, 0.1) is 12.3 Å². The zero-order chi connectivity index (χ0) is 17.7. The number of imidazole rings is 1. The van der Waals surface area contributed by atoms with Gasteiger partial charge in [0.25, 0.3) is 0 Å². The van der Waals surface area contributed by atoms with Crippen LogP contribution in [-0.2, 0) is 24.4 Å². The molecule has 5 heterocycles. The van der Waals surface area contributed by atoms with E-state index in [-0.39, 0.29) is 0 Å². The molecule has 7 heteroatoms. The maximum atomic E-state index is 5.50. The molecule has 0 spiro atoms. The first-order valence-electron chi connectivity index (χ1n) is 9.55. The lowest BCUT2D eigenvalue weighted by Crippen LogP contribution is -2.29. The lowest BCUT2D eigenvalue weighted by atomic mass is 10.0. The Balaban J connectivity index is 1.23. The maximum Gasteiger partial charge on any atom is 0.135 e. The Hall–Kier alpha value is -1.99. The minimum absolute atomic E-state index is 0.651. The number of rotatable bonds is 3. The van der Waals surface area contributed by atoms with Crippen LogP contribution in [0.4, 0.5) is 5.82 Å². The fourth-order valence-electron chi connectivity index (χ4n) is 4.69. The molecule has 0 amide bonds. The standard InChI is InChI=1S/C19H26N6O/c1-13-14(2)20-12-21-19(13)25-7-15-5-23(6-16(15)8-25)9-17-10-24-3-4-26-11-18(24)22-17/h10,12,15-16H,3-9,11H2,1-2H3. The summed E-state index contributed by atoms with van der Waals surface area (Å²) in [5.74, 6) is 3.65. The van der Waals surface area contributed by atoms with Crippen molar-refractivity contribution in [3.05, 3.63) is 35.3 Å². The molecule has 0 N–H and O–H groups in total. The van der Waals surface area contributed by atoms with Crippen molar-refractivity contribution in [3.63, 3.8) is 0 Å². The van der Waals surface area contributed by atoms with Crippen LogP contribution in [0.3, 0.4) is 0 Å². The van der Waals surface area contributed by atoms with Crippen molar-refractivity contribution < 1.29 is 4.74 Å². The van der Waals surface area contributed by atoms with Gasteiger partial charge in [-0.15, -0.1) is 0 Å². The number of anilines is 1. The first kappa shape index (κ1) is 16.2. The van der Waals surface area contributed by atoms with Gasteiger partial charge in [0.2, 0.25) is 0 Å². The fourth-order valence-corrected chi connectivity index (χ4v) is 4.69. The van der Waals surface area contributed by atoms with E-state index in [9.17, 15) is 0 Å². The van der Waals surface area contributed by atoms with Crippen molar-refractivity contribution in [1.82, 2.24) is 24.4 Å². The molecule has 0 radical (unpaired) electrons. The average Bonchev–Trinajstić information content (AvgIpc) is 3.29.